The molecular formula is C15H18O7. The van der Waals surface area contributed by atoms with Crippen LogP contribution in [0.2, 0.25) is 0 Å². The molecule has 0 amide bonds. The Kier molecular flexibility index (Phi) is 6.91. The Labute approximate surface area is 128 Å². The second kappa shape index (κ2) is 8.68. The average molecular weight is 310 g/mol. The minimum atomic E-state index is -1.10. The van der Waals surface area contributed by atoms with E-state index in [1.807, 2.05) is 30.3 Å². The molecule has 0 saturated carbocycles. The van der Waals surface area contributed by atoms with Crippen molar-refractivity contribution in [2.45, 2.75) is 26.4 Å². The van der Waals surface area contributed by atoms with Gasteiger partial charge in [-0.05, 0) is 26.3 Å². The average Bonchev–Trinajstić information content (AvgIpc) is 2.51. The number of ether oxygens (including phenoxy) is 1. The zero-order valence-electron chi connectivity index (χ0n) is 12.6. The van der Waals surface area contributed by atoms with Crippen LogP contribution in [0.25, 0.3) is 0 Å². The first kappa shape index (κ1) is 17.5. The minimum Gasteiger partial charge on any atom is -0.432 e. The van der Waals surface area contributed by atoms with Crippen molar-refractivity contribution in [2.75, 3.05) is 6.61 Å². The Hall–Kier alpha value is -2.54. The molecule has 0 aliphatic carbocycles. The van der Waals surface area contributed by atoms with Crippen molar-refractivity contribution in [3.8, 4) is 0 Å². The zero-order chi connectivity index (χ0) is 16.4. The third kappa shape index (κ3) is 6.27. The van der Waals surface area contributed by atoms with E-state index in [-0.39, 0.29) is 6.61 Å². The van der Waals surface area contributed by atoms with Gasteiger partial charge in [0.05, 0.1) is 12.7 Å². The molecule has 0 saturated heterocycles. The third-order valence-corrected chi connectivity index (χ3v) is 2.44. The summed E-state index contributed by atoms with van der Waals surface area (Å²) < 4.78 is 4.39. The highest BCUT2D eigenvalue weighted by Crippen LogP contribution is 2.24. The van der Waals surface area contributed by atoms with Gasteiger partial charge in [0.1, 0.15) is 11.9 Å². The van der Waals surface area contributed by atoms with E-state index in [1.54, 1.807) is 20.8 Å². The molecule has 1 aromatic rings. The minimum absolute atomic E-state index is 0.109. The van der Waals surface area contributed by atoms with Crippen molar-refractivity contribution in [1.82, 2.24) is 0 Å². The number of hydrogen-bond donors (Lipinski definition) is 0. The topological polar surface area (TPSA) is 80.3 Å². The highest BCUT2D eigenvalue weighted by molar-refractivity contribution is 5.81. The first-order valence-electron chi connectivity index (χ1n) is 6.57. The van der Waals surface area contributed by atoms with E-state index in [0.717, 1.165) is 17.9 Å². The van der Waals surface area contributed by atoms with Gasteiger partial charge in [0.15, 0.2) is 0 Å². The van der Waals surface area contributed by atoms with Crippen LogP contribution in [0.15, 0.2) is 42.7 Å². The van der Waals surface area contributed by atoms with Crippen molar-refractivity contribution in [2.24, 2.45) is 0 Å². The highest BCUT2D eigenvalue weighted by atomic mass is 17.2. The number of carbonyl (C=O) groups excluding carboxylic acids is 2. The van der Waals surface area contributed by atoms with Gasteiger partial charge in [0.2, 0.25) is 0 Å². The van der Waals surface area contributed by atoms with E-state index in [1.165, 1.54) is 0 Å². The van der Waals surface area contributed by atoms with Crippen molar-refractivity contribution in [3.63, 3.8) is 0 Å². The fourth-order valence-corrected chi connectivity index (χ4v) is 1.36. The number of hydrogen-bond acceptors (Lipinski definition) is 7. The second-order valence-electron chi connectivity index (χ2n) is 4.53. The first-order chi connectivity index (χ1) is 10.5. The summed E-state index contributed by atoms with van der Waals surface area (Å²) in [5.74, 6) is -0.950. The van der Waals surface area contributed by atoms with Crippen LogP contribution < -0.4 is 0 Å². The van der Waals surface area contributed by atoms with Gasteiger partial charge in [-0.25, -0.2) is 14.6 Å². The van der Waals surface area contributed by atoms with Crippen LogP contribution in [0, 0.1) is 0 Å². The fourth-order valence-electron chi connectivity index (χ4n) is 1.36. The molecule has 0 radical (unpaired) electrons. The van der Waals surface area contributed by atoms with Gasteiger partial charge < -0.3 is 9.62 Å². The molecule has 0 aliphatic rings. The molecule has 0 aliphatic heterocycles. The summed E-state index contributed by atoms with van der Waals surface area (Å²) in [7, 11) is 0. The SMILES string of the molecule is CCOC(=O)OOC(=O)C=COOC(C)(C)c1ccccc1. The summed E-state index contributed by atoms with van der Waals surface area (Å²) in [5, 5.41) is 0. The predicted molar refractivity (Wildman–Crippen MR) is 75.0 cm³/mol. The van der Waals surface area contributed by atoms with Crippen molar-refractivity contribution < 1.29 is 33.9 Å². The molecule has 0 N–H and O–H groups in total. The molecule has 1 rings (SSSR count). The predicted octanol–water partition coefficient (Wildman–Crippen LogP) is 3.01. The monoisotopic (exact) mass is 310 g/mol. The lowest BCUT2D eigenvalue weighted by Crippen LogP contribution is -2.20. The Morgan fingerprint density at radius 3 is 2.45 bits per heavy atom. The number of carbonyl (C=O) groups is 2. The molecule has 1 aromatic carbocycles. The molecule has 22 heavy (non-hydrogen) atoms. The maximum absolute atomic E-state index is 11.2. The molecular weight excluding hydrogens is 292 g/mol. The van der Waals surface area contributed by atoms with E-state index >= 15 is 0 Å². The Bertz CT molecular complexity index is 508. The molecule has 0 bridgehead atoms. The van der Waals surface area contributed by atoms with Crippen molar-refractivity contribution in [3.05, 3.63) is 48.2 Å². The quantitative estimate of drug-likeness (QED) is 0.263. The van der Waals surface area contributed by atoms with E-state index in [4.69, 9.17) is 9.78 Å². The van der Waals surface area contributed by atoms with Crippen LogP contribution >= 0.6 is 0 Å². The summed E-state index contributed by atoms with van der Waals surface area (Å²) in [5.41, 5.74) is 0.188. The van der Waals surface area contributed by atoms with Gasteiger partial charge >= 0.3 is 12.1 Å². The Balaban J connectivity index is 2.34. The fraction of sp³-hybridized carbons (Fsp3) is 0.333. The summed E-state index contributed by atoms with van der Waals surface area (Å²) in [6.45, 7) is 5.30. The molecule has 0 aromatic heterocycles. The van der Waals surface area contributed by atoms with Gasteiger partial charge in [-0.1, -0.05) is 30.3 Å². The summed E-state index contributed by atoms with van der Waals surface area (Å²) in [6.07, 6.45) is 0.758. The maximum atomic E-state index is 11.2. The van der Waals surface area contributed by atoms with Gasteiger partial charge in [0, 0.05) is 0 Å². The summed E-state index contributed by atoms with van der Waals surface area (Å²) >= 11 is 0. The highest BCUT2D eigenvalue weighted by Gasteiger charge is 2.22. The molecule has 0 unspecified atom stereocenters. The zero-order valence-corrected chi connectivity index (χ0v) is 12.6. The lowest BCUT2D eigenvalue weighted by atomic mass is 9.99. The molecule has 7 heteroatoms. The molecule has 120 valence electrons. The normalized spacial score (nSPS) is 11.0. The lowest BCUT2D eigenvalue weighted by Gasteiger charge is -2.22. The van der Waals surface area contributed by atoms with Gasteiger partial charge in [-0.2, -0.15) is 9.68 Å². The summed E-state index contributed by atoms with van der Waals surface area (Å²) in [4.78, 5) is 40.2. The number of benzene rings is 1. The van der Waals surface area contributed by atoms with E-state index in [2.05, 4.69) is 14.5 Å². The van der Waals surface area contributed by atoms with Crippen LogP contribution in [-0.2, 0) is 34.7 Å². The van der Waals surface area contributed by atoms with E-state index < -0.39 is 17.7 Å². The summed E-state index contributed by atoms with van der Waals surface area (Å²) in [6, 6.07) is 9.41. The van der Waals surface area contributed by atoms with Crippen LogP contribution in [0.3, 0.4) is 0 Å². The standard InChI is InChI=1S/C15H18O7/c1-4-18-14(17)21-20-13(16)10-11-19-22-15(2,3)12-8-6-5-7-9-12/h5-11H,4H2,1-3H3. The number of rotatable bonds is 6. The van der Waals surface area contributed by atoms with Gasteiger partial charge in [-0.15, -0.1) is 0 Å². The van der Waals surface area contributed by atoms with Gasteiger partial charge in [0.25, 0.3) is 0 Å². The second-order valence-corrected chi connectivity index (χ2v) is 4.53. The van der Waals surface area contributed by atoms with Crippen LogP contribution in [0.1, 0.15) is 26.3 Å². The molecule has 0 heterocycles. The van der Waals surface area contributed by atoms with E-state index in [9.17, 15) is 9.59 Å². The van der Waals surface area contributed by atoms with Crippen molar-refractivity contribution in [1.29, 1.82) is 0 Å². The molecule has 0 spiro atoms. The third-order valence-electron chi connectivity index (χ3n) is 2.44. The lowest BCUT2D eigenvalue weighted by molar-refractivity contribution is -0.321. The first-order valence-corrected chi connectivity index (χ1v) is 6.57. The van der Waals surface area contributed by atoms with E-state index in [0.29, 0.717) is 0 Å². The molecule has 7 nitrogen and oxygen atoms in total. The van der Waals surface area contributed by atoms with Crippen LogP contribution in [0.4, 0.5) is 4.79 Å². The van der Waals surface area contributed by atoms with Crippen LogP contribution in [-0.4, -0.2) is 18.7 Å². The smallest absolute Gasteiger partial charge is 0.432 e. The Morgan fingerprint density at radius 1 is 1.14 bits per heavy atom. The molecule has 0 fully saturated rings. The van der Waals surface area contributed by atoms with Gasteiger partial charge in [-0.3, -0.25) is 0 Å². The van der Waals surface area contributed by atoms with Crippen LogP contribution in [0.5, 0.6) is 0 Å². The largest absolute Gasteiger partial charge is 0.549 e. The van der Waals surface area contributed by atoms with Crippen molar-refractivity contribution >= 4 is 12.1 Å². The molecule has 0 atom stereocenters. The maximum Gasteiger partial charge on any atom is 0.549 e. The Morgan fingerprint density at radius 2 is 1.82 bits per heavy atom.